The number of esters is 1. The van der Waals surface area contributed by atoms with Crippen molar-refractivity contribution in [3.05, 3.63) is 53.6 Å². The van der Waals surface area contributed by atoms with Crippen molar-refractivity contribution in [3.63, 3.8) is 0 Å². The second-order valence-corrected chi connectivity index (χ2v) is 6.43. The normalized spacial score (nSPS) is 10.5. The summed E-state index contributed by atoms with van der Waals surface area (Å²) in [6.07, 6.45) is 0. The number of thioether (sulfide) groups is 1. The van der Waals surface area contributed by atoms with Crippen molar-refractivity contribution in [1.82, 2.24) is 0 Å². The molecule has 0 aliphatic rings. The maximum absolute atomic E-state index is 11.1. The average Bonchev–Trinajstić information content (AvgIpc) is 2.47. The van der Waals surface area contributed by atoms with Gasteiger partial charge in [-0.1, -0.05) is 36.8 Å². The van der Waals surface area contributed by atoms with E-state index in [0.29, 0.717) is 5.75 Å². The van der Waals surface area contributed by atoms with Crippen LogP contribution in [-0.4, -0.2) is 11.7 Å². The molecule has 2 N–H and O–H groups in total. The van der Waals surface area contributed by atoms with E-state index in [-0.39, 0.29) is 5.97 Å². The van der Waals surface area contributed by atoms with Crippen molar-refractivity contribution in [2.24, 2.45) is 0 Å². The van der Waals surface area contributed by atoms with Gasteiger partial charge >= 0.3 is 5.97 Å². The molecule has 116 valence electrons. The largest absolute Gasteiger partial charge is 0.426 e. The lowest BCUT2D eigenvalue weighted by atomic mass is 10.1. The predicted molar refractivity (Wildman–Crippen MR) is 90.6 cm³/mol. The summed E-state index contributed by atoms with van der Waals surface area (Å²) in [6, 6.07) is 14.3. The van der Waals surface area contributed by atoms with Crippen LogP contribution in [-0.2, 0) is 11.3 Å². The van der Waals surface area contributed by atoms with Gasteiger partial charge in [-0.05, 0) is 24.8 Å². The van der Waals surface area contributed by atoms with Gasteiger partial charge in [-0.25, -0.2) is 0 Å². The minimum Gasteiger partial charge on any atom is -0.426 e. The minimum absolute atomic E-state index is 0.291. The molecule has 0 radical (unpaired) electrons. The molecule has 0 aromatic heterocycles. The molecule has 0 saturated heterocycles. The Morgan fingerprint density at radius 1 is 1.23 bits per heavy atom. The molecule has 2 aromatic rings. The highest BCUT2D eigenvalue weighted by molar-refractivity contribution is 7.99. The van der Waals surface area contributed by atoms with Crippen LogP contribution in [0.4, 0.5) is 5.69 Å². The maximum Gasteiger partial charge on any atom is 0.308 e. The van der Waals surface area contributed by atoms with Gasteiger partial charge in [0.25, 0.3) is 0 Å². The molecule has 4 heteroatoms. The number of rotatable bonds is 6. The van der Waals surface area contributed by atoms with Gasteiger partial charge in [0, 0.05) is 18.6 Å². The molecular formula is C18H22NO2S+. The lowest BCUT2D eigenvalue weighted by molar-refractivity contribution is -0.590. The molecule has 2 aromatic carbocycles. The summed E-state index contributed by atoms with van der Waals surface area (Å²) >= 11 is 1.80. The number of carbonyl (C=O) groups is 1. The molecular weight excluding hydrogens is 294 g/mol. The molecule has 0 fully saturated rings. The molecule has 0 heterocycles. The monoisotopic (exact) mass is 316 g/mol. The van der Waals surface area contributed by atoms with Gasteiger partial charge in [-0.2, -0.15) is 0 Å². The number of quaternary nitrogens is 1. The SMILES string of the molecule is CCSc1ccc(OC(C)=O)cc1[NH2+]Cc1cccc(C)c1. The van der Waals surface area contributed by atoms with Gasteiger partial charge in [0.05, 0.1) is 4.90 Å². The number of ether oxygens (including phenoxy) is 1. The van der Waals surface area contributed by atoms with E-state index in [1.165, 1.54) is 22.9 Å². The third kappa shape index (κ3) is 4.90. The van der Waals surface area contributed by atoms with E-state index in [1.54, 1.807) is 11.8 Å². The fourth-order valence-electron chi connectivity index (χ4n) is 2.27. The Morgan fingerprint density at radius 2 is 2.05 bits per heavy atom. The van der Waals surface area contributed by atoms with Crippen LogP contribution in [0.1, 0.15) is 25.0 Å². The number of nitrogens with two attached hydrogens (primary N) is 1. The van der Waals surface area contributed by atoms with E-state index in [1.807, 2.05) is 18.2 Å². The first-order valence-corrected chi connectivity index (χ1v) is 8.41. The maximum atomic E-state index is 11.1. The fraction of sp³-hybridized carbons (Fsp3) is 0.278. The zero-order valence-electron chi connectivity index (χ0n) is 13.3. The number of aryl methyl sites for hydroxylation is 1. The highest BCUT2D eigenvalue weighted by atomic mass is 32.2. The third-order valence-corrected chi connectivity index (χ3v) is 4.15. The average molecular weight is 316 g/mol. The number of benzene rings is 2. The summed E-state index contributed by atoms with van der Waals surface area (Å²) in [5.74, 6) is 1.32. The Labute approximate surface area is 136 Å². The quantitative estimate of drug-likeness (QED) is 0.384. The third-order valence-electron chi connectivity index (χ3n) is 3.18. The first-order valence-electron chi connectivity index (χ1n) is 7.42. The van der Waals surface area contributed by atoms with Crippen LogP contribution < -0.4 is 10.1 Å². The first-order chi connectivity index (χ1) is 10.6. The van der Waals surface area contributed by atoms with Crippen LogP contribution in [0.25, 0.3) is 0 Å². The fourth-order valence-corrected chi connectivity index (χ4v) is 3.05. The standard InChI is InChI=1S/C18H21NO2S/c1-4-22-18-9-8-16(21-14(3)20)11-17(18)19-12-15-7-5-6-13(2)10-15/h5-11,19H,4,12H2,1-3H3/p+1. The summed E-state index contributed by atoms with van der Waals surface area (Å²) in [7, 11) is 0. The number of hydrogen-bond acceptors (Lipinski definition) is 3. The number of hydrogen-bond donors (Lipinski definition) is 1. The van der Waals surface area contributed by atoms with Gasteiger partial charge in [0.2, 0.25) is 0 Å². The smallest absolute Gasteiger partial charge is 0.308 e. The lowest BCUT2D eigenvalue weighted by Gasteiger charge is -2.09. The first kappa shape index (κ1) is 16.6. The Kier molecular flexibility index (Phi) is 6.04. The predicted octanol–water partition coefficient (Wildman–Crippen LogP) is 3.43. The summed E-state index contributed by atoms with van der Waals surface area (Å²) in [5, 5.41) is 2.19. The van der Waals surface area contributed by atoms with E-state index < -0.39 is 0 Å². The van der Waals surface area contributed by atoms with Gasteiger partial charge in [-0.3, -0.25) is 4.79 Å². The Hall–Kier alpha value is -1.78. The van der Waals surface area contributed by atoms with E-state index in [4.69, 9.17) is 4.74 Å². The second-order valence-electron chi connectivity index (χ2n) is 5.12. The Morgan fingerprint density at radius 3 is 2.73 bits per heavy atom. The molecule has 22 heavy (non-hydrogen) atoms. The van der Waals surface area contributed by atoms with Crippen molar-refractivity contribution in [3.8, 4) is 5.75 Å². The summed E-state index contributed by atoms with van der Waals surface area (Å²) < 4.78 is 5.19. The highest BCUT2D eigenvalue weighted by Crippen LogP contribution is 2.28. The molecule has 3 nitrogen and oxygen atoms in total. The molecule has 0 amide bonds. The van der Waals surface area contributed by atoms with E-state index in [0.717, 1.165) is 18.0 Å². The molecule has 0 aliphatic carbocycles. The number of carbonyl (C=O) groups excluding carboxylic acids is 1. The van der Waals surface area contributed by atoms with Crippen molar-refractivity contribution >= 4 is 23.4 Å². The van der Waals surface area contributed by atoms with Crippen molar-refractivity contribution in [1.29, 1.82) is 0 Å². The molecule has 2 rings (SSSR count). The van der Waals surface area contributed by atoms with Crippen LogP contribution >= 0.6 is 11.8 Å². The van der Waals surface area contributed by atoms with Gasteiger partial charge in [0.1, 0.15) is 18.0 Å². The van der Waals surface area contributed by atoms with Gasteiger partial charge in [-0.15, -0.1) is 11.8 Å². The topological polar surface area (TPSA) is 42.9 Å². The van der Waals surface area contributed by atoms with Crippen LogP contribution in [0.5, 0.6) is 5.75 Å². The highest BCUT2D eigenvalue weighted by Gasteiger charge is 2.10. The summed E-state index contributed by atoms with van der Waals surface area (Å²) in [6.45, 7) is 6.52. The zero-order chi connectivity index (χ0) is 15.9. The molecule has 0 bridgehead atoms. The zero-order valence-corrected chi connectivity index (χ0v) is 14.1. The summed E-state index contributed by atoms with van der Waals surface area (Å²) in [4.78, 5) is 12.3. The van der Waals surface area contributed by atoms with Crippen molar-refractivity contribution < 1.29 is 14.8 Å². The van der Waals surface area contributed by atoms with Crippen LogP contribution in [0.3, 0.4) is 0 Å². The second kappa shape index (κ2) is 8.01. The van der Waals surface area contributed by atoms with Gasteiger partial charge < -0.3 is 10.1 Å². The van der Waals surface area contributed by atoms with E-state index >= 15 is 0 Å². The molecule has 0 aliphatic heterocycles. The minimum atomic E-state index is -0.291. The van der Waals surface area contributed by atoms with E-state index in [9.17, 15) is 4.79 Å². The van der Waals surface area contributed by atoms with Crippen LogP contribution in [0.2, 0.25) is 0 Å². The van der Waals surface area contributed by atoms with Crippen molar-refractivity contribution in [2.45, 2.75) is 32.2 Å². The molecule has 0 saturated carbocycles. The molecule has 0 unspecified atom stereocenters. The van der Waals surface area contributed by atoms with Crippen LogP contribution in [0, 0.1) is 6.92 Å². The van der Waals surface area contributed by atoms with Crippen LogP contribution in [0.15, 0.2) is 47.4 Å². The Bertz CT molecular complexity index is 655. The van der Waals surface area contributed by atoms with Crippen molar-refractivity contribution in [2.75, 3.05) is 5.75 Å². The molecule has 0 spiro atoms. The Balaban J connectivity index is 2.17. The lowest BCUT2D eigenvalue weighted by Crippen LogP contribution is -2.76. The summed E-state index contributed by atoms with van der Waals surface area (Å²) in [5.41, 5.74) is 3.67. The van der Waals surface area contributed by atoms with E-state index in [2.05, 4.69) is 43.4 Å². The molecule has 0 atom stereocenters. The van der Waals surface area contributed by atoms with Gasteiger partial charge in [0.15, 0.2) is 0 Å².